The molecule has 1 atom stereocenters. The molecule has 2 aromatic carbocycles. The van der Waals surface area contributed by atoms with Crippen LogP contribution in [-0.4, -0.2) is 71.2 Å². The largest absolute Gasteiger partial charge is 0.573 e. The topological polar surface area (TPSA) is 101 Å². The van der Waals surface area contributed by atoms with E-state index < -0.39 is 54.4 Å². The highest BCUT2D eigenvalue weighted by Gasteiger charge is 2.41. The van der Waals surface area contributed by atoms with E-state index in [9.17, 15) is 40.7 Å². The number of pyridine rings is 1. The Kier molecular flexibility index (Phi) is 7.67. The molecule has 1 aromatic heterocycles. The molecule has 1 saturated heterocycles. The number of amides is 3. The fraction of sp³-hybridized carbons (Fsp3) is 0.286. The molecule has 0 bridgehead atoms. The van der Waals surface area contributed by atoms with Gasteiger partial charge in [-0.3, -0.25) is 14.4 Å². The molecule has 3 aromatic rings. The number of nitrogens with one attached hydrogen (secondary N) is 1. The zero-order valence-corrected chi connectivity index (χ0v) is 22.3. The molecule has 0 radical (unpaired) electrons. The molecule has 226 valence electrons. The van der Waals surface area contributed by atoms with Crippen molar-refractivity contribution in [2.24, 2.45) is 0 Å². The molecular formula is C28H22F6N4O5. The summed E-state index contributed by atoms with van der Waals surface area (Å²) in [6, 6.07) is 9.95. The van der Waals surface area contributed by atoms with Gasteiger partial charge in [-0.25, -0.2) is 4.98 Å². The van der Waals surface area contributed by atoms with E-state index >= 15 is 0 Å². The maximum absolute atomic E-state index is 13.5. The van der Waals surface area contributed by atoms with Crippen LogP contribution in [0.5, 0.6) is 11.5 Å². The predicted octanol–water partition coefficient (Wildman–Crippen LogP) is 4.66. The summed E-state index contributed by atoms with van der Waals surface area (Å²) in [5.74, 6) is -1.91. The first-order valence-electron chi connectivity index (χ1n) is 12.8. The standard InChI is InChI=1S/C28H22F6N4O5/c1-15-11-17(43-28(32,33)34)6-8-22(15)42-14-24(39)37-9-10-38-21(13-37)25(40)36-20-7-5-16(12-18(20)26(38)41)19-3-2-4-23(35-19)27(29,30)31/h2-8,11-12,21H,9-10,13-14H2,1H3,(H,36,40). The number of aromatic nitrogens is 1. The molecule has 9 nitrogen and oxygen atoms in total. The van der Waals surface area contributed by atoms with Crippen molar-refractivity contribution in [1.82, 2.24) is 14.8 Å². The summed E-state index contributed by atoms with van der Waals surface area (Å²) < 4.78 is 86.2. The third kappa shape index (κ3) is 6.49. The van der Waals surface area contributed by atoms with Crippen LogP contribution in [0.2, 0.25) is 0 Å². The Morgan fingerprint density at radius 3 is 2.49 bits per heavy atom. The number of hydrogen-bond acceptors (Lipinski definition) is 6. The van der Waals surface area contributed by atoms with Gasteiger partial charge < -0.3 is 24.6 Å². The number of halogens is 6. The Labute approximate surface area is 240 Å². The second kappa shape index (κ2) is 11.1. The highest BCUT2D eigenvalue weighted by molar-refractivity contribution is 6.10. The number of nitrogens with zero attached hydrogens (tertiary/aromatic N) is 3. The first-order chi connectivity index (χ1) is 20.2. The van der Waals surface area contributed by atoms with E-state index in [4.69, 9.17) is 4.74 Å². The molecule has 0 aliphatic carbocycles. The van der Waals surface area contributed by atoms with Crippen molar-refractivity contribution in [3.63, 3.8) is 0 Å². The van der Waals surface area contributed by atoms with Crippen LogP contribution >= 0.6 is 0 Å². The summed E-state index contributed by atoms with van der Waals surface area (Å²) in [5, 5.41) is 2.65. The molecule has 1 unspecified atom stereocenters. The zero-order valence-electron chi connectivity index (χ0n) is 22.3. The van der Waals surface area contributed by atoms with Crippen molar-refractivity contribution in [2.45, 2.75) is 25.5 Å². The average Bonchev–Trinajstić information content (AvgIpc) is 3.04. The van der Waals surface area contributed by atoms with Gasteiger partial charge in [0.25, 0.3) is 11.8 Å². The van der Waals surface area contributed by atoms with Gasteiger partial charge in [-0.15, -0.1) is 13.2 Å². The summed E-state index contributed by atoms with van der Waals surface area (Å²) in [6.07, 6.45) is -9.52. The van der Waals surface area contributed by atoms with E-state index in [0.717, 1.165) is 18.2 Å². The lowest BCUT2D eigenvalue weighted by Crippen LogP contribution is -2.60. The van der Waals surface area contributed by atoms with Crippen molar-refractivity contribution < 1.29 is 50.2 Å². The smallest absolute Gasteiger partial charge is 0.483 e. The van der Waals surface area contributed by atoms with Gasteiger partial charge in [-0.05, 0) is 55.0 Å². The predicted molar refractivity (Wildman–Crippen MR) is 138 cm³/mol. The molecule has 2 aliphatic heterocycles. The number of piperazine rings is 1. The summed E-state index contributed by atoms with van der Waals surface area (Å²) in [5.41, 5.74) is -0.340. The number of carbonyl (C=O) groups is 3. The van der Waals surface area contributed by atoms with Gasteiger partial charge in [0.1, 0.15) is 23.2 Å². The fourth-order valence-corrected chi connectivity index (χ4v) is 4.80. The van der Waals surface area contributed by atoms with Gasteiger partial charge in [-0.1, -0.05) is 12.1 Å². The number of alkyl halides is 6. The first-order valence-corrected chi connectivity index (χ1v) is 12.8. The van der Waals surface area contributed by atoms with Crippen LogP contribution in [0.15, 0.2) is 54.6 Å². The number of aryl methyl sites for hydroxylation is 1. The van der Waals surface area contributed by atoms with Crippen LogP contribution in [0.4, 0.5) is 32.0 Å². The van der Waals surface area contributed by atoms with E-state index in [2.05, 4.69) is 15.0 Å². The Bertz CT molecular complexity index is 1590. The monoisotopic (exact) mass is 608 g/mol. The van der Waals surface area contributed by atoms with Crippen LogP contribution in [0.1, 0.15) is 21.6 Å². The van der Waals surface area contributed by atoms with Gasteiger partial charge in [0.2, 0.25) is 5.91 Å². The maximum atomic E-state index is 13.5. The van der Waals surface area contributed by atoms with Gasteiger partial charge in [-0.2, -0.15) is 13.2 Å². The van der Waals surface area contributed by atoms with Crippen LogP contribution in [0.25, 0.3) is 11.3 Å². The number of rotatable bonds is 5. The van der Waals surface area contributed by atoms with Crippen molar-refractivity contribution in [2.75, 3.05) is 31.6 Å². The van der Waals surface area contributed by atoms with Crippen molar-refractivity contribution in [1.29, 1.82) is 0 Å². The number of hydrogen-bond donors (Lipinski definition) is 1. The molecule has 3 heterocycles. The van der Waals surface area contributed by atoms with Crippen LogP contribution < -0.4 is 14.8 Å². The molecule has 15 heteroatoms. The minimum atomic E-state index is -4.86. The molecule has 3 amide bonds. The molecule has 1 N–H and O–H groups in total. The lowest BCUT2D eigenvalue weighted by molar-refractivity contribution is -0.274. The molecule has 1 fully saturated rings. The Balaban J connectivity index is 1.27. The minimum Gasteiger partial charge on any atom is -0.483 e. The first kappa shape index (κ1) is 29.7. The lowest BCUT2D eigenvalue weighted by atomic mass is 10.0. The Morgan fingerprint density at radius 1 is 1.02 bits per heavy atom. The number of fused-ring (bicyclic) bond motifs is 2. The Hall–Kier alpha value is -4.82. The molecule has 0 spiro atoms. The minimum absolute atomic E-state index is 0.00859. The Morgan fingerprint density at radius 2 is 1.79 bits per heavy atom. The maximum Gasteiger partial charge on any atom is 0.573 e. The molecule has 5 rings (SSSR count). The summed E-state index contributed by atoms with van der Waals surface area (Å²) in [4.78, 5) is 45.8. The van der Waals surface area contributed by atoms with Crippen LogP contribution in [-0.2, 0) is 15.8 Å². The molecule has 2 aliphatic rings. The van der Waals surface area contributed by atoms with Gasteiger partial charge in [0.05, 0.1) is 23.5 Å². The van der Waals surface area contributed by atoms with Crippen molar-refractivity contribution in [3.8, 4) is 22.8 Å². The summed E-state index contributed by atoms with van der Waals surface area (Å²) >= 11 is 0. The second-order valence-corrected chi connectivity index (χ2v) is 9.77. The fourth-order valence-electron chi connectivity index (χ4n) is 4.80. The molecule has 0 saturated carbocycles. The number of carbonyl (C=O) groups excluding carboxylic acids is 3. The summed E-state index contributed by atoms with van der Waals surface area (Å²) in [7, 11) is 0. The highest BCUT2D eigenvalue weighted by atomic mass is 19.4. The summed E-state index contributed by atoms with van der Waals surface area (Å²) in [6.45, 7) is 0.884. The third-order valence-corrected chi connectivity index (χ3v) is 6.87. The van der Waals surface area contributed by atoms with Gasteiger partial charge >= 0.3 is 12.5 Å². The van der Waals surface area contributed by atoms with Crippen molar-refractivity contribution >= 4 is 23.4 Å². The second-order valence-electron chi connectivity index (χ2n) is 9.77. The third-order valence-electron chi connectivity index (χ3n) is 6.87. The average molecular weight is 608 g/mol. The van der Waals surface area contributed by atoms with E-state index in [1.807, 2.05) is 0 Å². The molecule has 43 heavy (non-hydrogen) atoms. The van der Waals surface area contributed by atoms with Crippen molar-refractivity contribution in [3.05, 3.63) is 71.4 Å². The van der Waals surface area contributed by atoms with Gasteiger partial charge in [0.15, 0.2) is 6.61 Å². The lowest BCUT2D eigenvalue weighted by Gasteiger charge is -2.39. The highest BCUT2D eigenvalue weighted by Crippen LogP contribution is 2.33. The normalized spacial score (nSPS) is 17.0. The molecular weight excluding hydrogens is 586 g/mol. The number of ether oxygens (including phenoxy) is 2. The number of anilines is 1. The van der Waals surface area contributed by atoms with E-state index in [1.54, 1.807) is 0 Å². The SMILES string of the molecule is Cc1cc(OC(F)(F)F)ccc1OCC(=O)N1CCN2C(=O)c3cc(-c4cccc(C(F)(F)F)n4)ccc3NC(=O)C2C1. The van der Waals surface area contributed by atoms with Gasteiger partial charge in [0, 0.05) is 18.7 Å². The number of benzene rings is 2. The van der Waals surface area contributed by atoms with E-state index in [-0.39, 0.29) is 47.9 Å². The van der Waals surface area contributed by atoms with Crippen LogP contribution in [0, 0.1) is 6.92 Å². The van der Waals surface area contributed by atoms with Crippen LogP contribution in [0.3, 0.4) is 0 Å². The van der Waals surface area contributed by atoms with E-state index in [1.165, 1.54) is 53.1 Å². The zero-order chi connectivity index (χ0) is 31.1. The van der Waals surface area contributed by atoms with E-state index in [0.29, 0.717) is 5.56 Å². The quantitative estimate of drug-likeness (QED) is 0.423.